The van der Waals surface area contributed by atoms with Gasteiger partial charge in [0.05, 0.1) is 29.8 Å². The number of amides is 3. The minimum absolute atomic E-state index is 0.00500. The zero-order valence-electron chi connectivity index (χ0n) is 31.4. The van der Waals surface area contributed by atoms with Gasteiger partial charge in [0, 0.05) is 55.2 Å². The molecule has 1 spiro atoms. The molecule has 10 nitrogen and oxygen atoms in total. The van der Waals surface area contributed by atoms with E-state index in [1.165, 1.54) is 16.0 Å². The van der Waals surface area contributed by atoms with E-state index in [1.54, 1.807) is 27.0 Å². The quantitative estimate of drug-likeness (QED) is 0.322. The van der Waals surface area contributed by atoms with Crippen LogP contribution in [0.25, 0.3) is 0 Å². The summed E-state index contributed by atoms with van der Waals surface area (Å²) in [5.41, 5.74) is 2.35. The Balaban J connectivity index is 1.41. The molecule has 12 heteroatoms. The number of anilines is 1. The molecule has 52 heavy (non-hydrogen) atoms. The number of allylic oxidation sites excluding steroid dienone is 1. The fourth-order valence-corrected chi connectivity index (χ4v) is 10.6. The van der Waals surface area contributed by atoms with Crippen molar-refractivity contribution in [3.63, 3.8) is 0 Å². The van der Waals surface area contributed by atoms with Gasteiger partial charge in [0.15, 0.2) is 0 Å². The number of nitrogens with zero attached hydrogens (tertiary/aromatic N) is 3. The van der Waals surface area contributed by atoms with Crippen molar-refractivity contribution >= 4 is 39.1 Å². The van der Waals surface area contributed by atoms with Gasteiger partial charge in [-0.25, -0.2) is 9.00 Å². The number of aryl methyl sites for hydroxylation is 1. The van der Waals surface area contributed by atoms with Crippen molar-refractivity contribution < 1.29 is 28.4 Å². The first kappa shape index (κ1) is 38.6. The molecule has 6 rings (SSSR count). The maximum Gasteiger partial charge on any atom is 0.329 e. The lowest BCUT2D eigenvalue weighted by atomic mass is 9.70. The molecule has 284 valence electrons. The van der Waals surface area contributed by atoms with E-state index < -0.39 is 27.5 Å². The van der Waals surface area contributed by atoms with Gasteiger partial charge >= 0.3 is 6.03 Å². The van der Waals surface area contributed by atoms with Gasteiger partial charge in [-0.1, -0.05) is 57.0 Å². The van der Waals surface area contributed by atoms with Crippen molar-refractivity contribution in [3.8, 4) is 5.75 Å². The van der Waals surface area contributed by atoms with Crippen molar-refractivity contribution in [2.45, 2.75) is 83.8 Å². The molecule has 3 aliphatic heterocycles. The number of carbonyl (C=O) groups is 2. The van der Waals surface area contributed by atoms with E-state index in [1.807, 2.05) is 25.1 Å². The minimum atomic E-state index is -3.53. The Hall–Kier alpha value is -3.12. The molecule has 2 aromatic carbocycles. The fourth-order valence-electron chi connectivity index (χ4n) is 8.56. The summed E-state index contributed by atoms with van der Waals surface area (Å²) in [7, 11) is -1.78. The molecular formula is C40H55ClN4O6S. The van der Waals surface area contributed by atoms with Crippen LogP contribution in [0, 0.1) is 23.7 Å². The third-order valence-corrected chi connectivity index (χ3v) is 13.9. The first-order valence-electron chi connectivity index (χ1n) is 18.7. The third kappa shape index (κ3) is 8.17. The second kappa shape index (κ2) is 15.3. The van der Waals surface area contributed by atoms with Gasteiger partial charge in [0.2, 0.25) is 0 Å². The smallest absolute Gasteiger partial charge is 0.329 e. The van der Waals surface area contributed by atoms with Gasteiger partial charge < -0.3 is 24.4 Å². The summed E-state index contributed by atoms with van der Waals surface area (Å²) in [5, 5.41) is 11.1. The molecule has 0 radical (unpaired) electrons. The van der Waals surface area contributed by atoms with Crippen LogP contribution in [0.4, 0.5) is 10.5 Å². The van der Waals surface area contributed by atoms with Gasteiger partial charge in [-0.2, -0.15) is 0 Å². The molecule has 0 aromatic heterocycles. The Morgan fingerprint density at radius 3 is 2.67 bits per heavy atom. The maximum absolute atomic E-state index is 14.5. The number of rotatable bonds is 4. The summed E-state index contributed by atoms with van der Waals surface area (Å²) in [6.45, 7) is 12.4. The second-order valence-electron chi connectivity index (χ2n) is 16.2. The van der Waals surface area contributed by atoms with E-state index in [-0.39, 0.29) is 46.5 Å². The third-order valence-electron chi connectivity index (χ3n) is 11.7. The number of nitrogens with one attached hydrogen (secondary N) is 1. The summed E-state index contributed by atoms with van der Waals surface area (Å²) < 4.78 is 34.2. The summed E-state index contributed by atoms with van der Waals surface area (Å²) in [4.78, 5) is 31.2. The van der Waals surface area contributed by atoms with E-state index >= 15 is 0 Å². The number of carbonyl (C=O) groups excluding carboxylic acids is 2. The highest BCUT2D eigenvalue weighted by atomic mass is 35.5. The Morgan fingerprint density at radius 2 is 1.96 bits per heavy atom. The summed E-state index contributed by atoms with van der Waals surface area (Å²) in [6.07, 6.45) is 8.45. The summed E-state index contributed by atoms with van der Waals surface area (Å²) >= 11 is 6.46. The largest absolute Gasteiger partial charge is 0.490 e. The lowest BCUT2D eigenvalue weighted by molar-refractivity contribution is -0.0450. The molecule has 1 aliphatic carbocycles. The summed E-state index contributed by atoms with van der Waals surface area (Å²) in [5.74, 6) is 0.189. The first-order valence-corrected chi connectivity index (χ1v) is 20.8. The average Bonchev–Trinajstić information content (AvgIpc) is 3.18. The van der Waals surface area contributed by atoms with E-state index in [0.29, 0.717) is 45.0 Å². The molecule has 1 saturated heterocycles. The molecular weight excluding hydrogens is 700 g/mol. The Bertz CT molecular complexity index is 1810. The highest BCUT2D eigenvalue weighted by Crippen LogP contribution is 2.45. The van der Waals surface area contributed by atoms with Crippen LogP contribution in [-0.4, -0.2) is 83.5 Å². The van der Waals surface area contributed by atoms with Crippen LogP contribution in [-0.2, 0) is 26.5 Å². The van der Waals surface area contributed by atoms with Gasteiger partial charge in [-0.3, -0.25) is 9.52 Å². The fraction of sp³-hybridized carbons (Fsp3) is 0.600. The lowest BCUT2D eigenvalue weighted by Gasteiger charge is -2.45. The number of benzene rings is 2. The van der Waals surface area contributed by atoms with Gasteiger partial charge in [0.25, 0.3) is 5.91 Å². The Morgan fingerprint density at radius 1 is 1.19 bits per heavy atom. The zero-order chi connectivity index (χ0) is 37.4. The van der Waals surface area contributed by atoms with E-state index in [4.69, 9.17) is 21.1 Å². The minimum Gasteiger partial charge on any atom is -0.490 e. The molecule has 2 aromatic rings. The number of halogens is 1. The number of aliphatic hydroxyl groups is 1. The van der Waals surface area contributed by atoms with Gasteiger partial charge in [-0.05, 0) is 98.7 Å². The number of methoxy groups -OCH3 is 1. The first-order chi connectivity index (χ1) is 24.6. The van der Waals surface area contributed by atoms with E-state index in [0.717, 1.165) is 36.4 Å². The van der Waals surface area contributed by atoms with Crippen LogP contribution >= 0.6 is 11.6 Å². The molecule has 6 atom stereocenters. The zero-order valence-corrected chi connectivity index (χ0v) is 33.0. The van der Waals surface area contributed by atoms with Crippen LogP contribution in [0.2, 0.25) is 5.02 Å². The summed E-state index contributed by atoms with van der Waals surface area (Å²) in [6, 6.07) is 11.0. The Labute approximate surface area is 314 Å². The standard InChI is InChI=1S/C40H55ClN4O6S/c1-7-32-27(3)20-45-24-40(17-9-11-28-18-31(41)14-15-33(28)40)25-51-36-16-13-29(19-34(36)45)37(46)42-52(49,23-26(2)10-8-12-35(32)50-6)43-38(47)44-21-30(22-44)39(4,5)48/h8,12-16,18-19,26-27,30,32,35,48H,7,9-11,17,20-25H2,1-6H3,(H,42,43,46,47,49)/b12-8+/t26-,27-,32+,35-,40-,52-/m0/s1. The highest BCUT2D eigenvalue weighted by molar-refractivity contribution is 7.92. The van der Waals surface area contributed by atoms with E-state index in [9.17, 15) is 18.9 Å². The second-order valence-corrected chi connectivity index (χ2v) is 18.6. The van der Waals surface area contributed by atoms with Crippen LogP contribution in [0.1, 0.15) is 81.8 Å². The highest BCUT2D eigenvalue weighted by Gasteiger charge is 2.43. The predicted molar refractivity (Wildman–Crippen MR) is 207 cm³/mol. The lowest BCUT2D eigenvalue weighted by Crippen LogP contribution is -2.60. The molecule has 4 aliphatic rings. The van der Waals surface area contributed by atoms with Gasteiger partial charge in [-0.15, -0.1) is 4.36 Å². The number of likely N-dealkylation sites (tertiary alicyclic amines) is 1. The topological polar surface area (TPSA) is 121 Å². The predicted octanol–water partition coefficient (Wildman–Crippen LogP) is 7.02. The molecule has 0 unspecified atom stereocenters. The molecule has 0 saturated carbocycles. The Kier molecular flexibility index (Phi) is 11.4. The number of hydrogen-bond acceptors (Lipinski definition) is 7. The van der Waals surface area contributed by atoms with Gasteiger partial charge in [0.1, 0.15) is 15.7 Å². The normalized spacial score (nSPS) is 30.7. The molecule has 2 N–H and O–H groups in total. The van der Waals surface area contributed by atoms with Crippen molar-refractivity contribution in [1.29, 1.82) is 0 Å². The monoisotopic (exact) mass is 754 g/mol. The average molecular weight is 755 g/mol. The SMILES string of the molecule is CC[C@H]1[C@@H](OC)/C=C/C[C@H](C)C[S@@](=O)(NC(=O)N2CC(C(C)(C)O)C2)=NC(=O)c2ccc3c(c2)N(C[C@@H]1C)C[C@@]1(CCCc2cc(Cl)ccc21)CO3. The molecule has 2 bridgehead atoms. The number of urea groups is 1. The number of ether oxygens (including phenoxy) is 2. The molecule has 3 heterocycles. The molecule has 1 fully saturated rings. The van der Waals surface area contributed by atoms with Crippen molar-refractivity contribution in [2.24, 2.45) is 28.0 Å². The maximum atomic E-state index is 14.5. The molecule has 3 amide bonds. The van der Waals surface area contributed by atoms with Crippen LogP contribution in [0.5, 0.6) is 5.75 Å². The van der Waals surface area contributed by atoms with Crippen molar-refractivity contribution in [2.75, 3.05) is 50.5 Å². The van der Waals surface area contributed by atoms with Crippen molar-refractivity contribution in [1.82, 2.24) is 9.62 Å². The van der Waals surface area contributed by atoms with Crippen molar-refractivity contribution in [3.05, 3.63) is 70.3 Å². The number of fused-ring (bicyclic) bond motifs is 3. The van der Waals surface area contributed by atoms with Crippen LogP contribution in [0.3, 0.4) is 0 Å². The van der Waals surface area contributed by atoms with E-state index in [2.05, 4.69) is 52.1 Å². The van der Waals surface area contributed by atoms with Crippen LogP contribution < -0.4 is 14.4 Å². The number of hydrogen-bond donors (Lipinski definition) is 2. The van der Waals surface area contributed by atoms with Crippen LogP contribution in [0.15, 0.2) is 52.9 Å².